The van der Waals surface area contributed by atoms with Gasteiger partial charge in [-0.3, -0.25) is 14.4 Å². The first-order valence-electron chi connectivity index (χ1n) is 10.3. The Bertz CT molecular complexity index is 751. The first-order valence-corrected chi connectivity index (χ1v) is 10.3. The number of carboxylic acid groups (broad SMARTS) is 1. The second-order valence-corrected chi connectivity index (χ2v) is 8.05. The van der Waals surface area contributed by atoms with Gasteiger partial charge in [0.2, 0.25) is 17.7 Å². The number of nitrogens with one attached hydrogen (secondary N) is 4. The van der Waals surface area contributed by atoms with Gasteiger partial charge in [0, 0.05) is 18.3 Å². The van der Waals surface area contributed by atoms with Crippen molar-refractivity contribution >= 4 is 23.7 Å². The number of amides is 3. The van der Waals surface area contributed by atoms with Gasteiger partial charge in [0.05, 0.1) is 12.4 Å². The summed E-state index contributed by atoms with van der Waals surface area (Å²) in [5.74, 6) is -3.29. The van der Waals surface area contributed by atoms with Crippen molar-refractivity contribution in [2.45, 2.75) is 71.6 Å². The Kier molecular flexibility index (Phi) is 10.1. The Morgan fingerprint density at radius 3 is 2.19 bits per heavy atom. The van der Waals surface area contributed by atoms with Crippen LogP contribution >= 0.6 is 0 Å². The average molecular weight is 439 g/mol. The lowest BCUT2D eigenvalue weighted by atomic mass is 9.98. The van der Waals surface area contributed by atoms with Gasteiger partial charge in [0.15, 0.2) is 0 Å². The van der Waals surface area contributed by atoms with E-state index in [4.69, 9.17) is 5.73 Å². The van der Waals surface area contributed by atoms with Crippen LogP contribution < -0.4 is 21.7 Å². The number of nitrogens with two attached hydrogens (primary N) is 1. The highest BCUT2D eigenvalue weighted by atomic mass is 16.4. The molecule has 174 valence electrons. The molecule has 5 atom stereocenters. The van der Waals surface area contributed by atoms with E-state index in [-0.39, 0.29) is 18.3 Å². The van der Waals surface area contributed by atoms with E-state index in [9.17, 15) is 24.3 Å². The highest BCUT2D eigenvalue weighted by molar-refractivity contribution is 5.94. The number of carboxylic acids is 1. The molecule has 0 saturated carbocycles. The Balaban J connectivity index is 2.87. The summed E-state index contributed by atoms with van der Waals surface area (Å²) in [6, 6.07) is -3.89. The van der Waals surface area contributed by atoms with E-state index in [1.165, 1.54) is 19.4 Å². The number of aromatic nitrogens is 2. The Morgan fingerprint density at radius 1 is 1.06 bits per heavy atom. The highest BCUT2D eigenvalue weighted by Crippen LogP contribution is 2.07. The summed E-state index contributed by atoms with van der Waals surface area (Å²) in [7, 11) is 0. The van der Waals surface area contributed by atoms with Crippen LogP contribution in [0.4, 0.5) is 0 Å². The van der Waals surface area contributed by atoms with E-state index in [0.717, 1.165) is 0 Å². The zero-order valence-corrected chi connectivity index (χ0v) is 18.6. The third kappa shape index (κ3) is 8.00. The summed E-state index contributed by atoms with van der Waals surface area (Å²) in [5.41, 5.74) is 6.58. The smallest absolute Gasteiger partial charge is 0.326 e. The molecule has 0 radical (unpaired) electrons. The van der Waals surface area contributed by atoms with Gasteiger partial charge >= 0.3 is 5.97 Å². The molecule has 0 saturated heterocycles. The number of hydrogen-bond donors (Lipinski definition) is 6. The normalized spacial score (nSPS) is 16.0. The third-order valence-electron chi connectivity index (χ3n) is 5.15. The average Bonchev–Trinajstić information content (AvgIpc) is 3.22. The van der Waals surface area contributed by atoms with Crippen molar-refractivity contribution in [1.82, 2.24) is 25.9 Å². The number of rotatable bonds is 12. The van der Waals surface area contributed by atoms with Crippen LogP contribution in [0.25, 0.3) is 0 Å². The van der Waals surface area contributed by atoms with Crippen molar-refractivity contribution in [3.63, 3.8) is 0 Å². The van der Waals surface area contributed by atoms with Crippen LogP contribution in [0.2, 0.25) is 0 Å². The molecule has 0 aromatic carbocycles. The fourth-order valence-electron chi connectivity index (χ4n) is 2.78. The number of carbonyl (C=O) groups is 4. The van der Waals surface area contributed by atoms with Gasteiger partial charge in [-0.25, -0.2) is 9.78 Å². The lowest BCUT2D eigenvalue weighted by Crippen LogP contribution is -2.57. The minimum Gasteiger partial charge on any atom is -0.480 e. The lowest BCUT2D eigenvalue weighted by Gasteiger charge is -2.25. The number of nitrogens with zero attached hydrogens (tertiary/aromatic N) is 1. The Labute approximate surface area is 181 Å². The lowest BCUT2D eigenvalue weighted by molar-refractivity contribution is -0.143. The van der Waals surface area contributed by atoms with Crippen LogP contribution in [-0.4, -0.2) is 62.9 Å². The van der Waals surface area contributed by atoms with Crippen LogP contribution in [-0.2, 0) is 25.6 Å². The number of aliphatic carboxylic acids is 1. The number of aromatic amines is 1. The van der Waals surface area contributed by atoms with Gasteiger partial charge in [-0.15, -0.1) is 0 Å². The van der Waals surface area contributed by atoms with Crippen molar-refractivity contribution in [3.8, 4) is 0 Å². The molecule has 0 aliphatic heterocycles. The molecule has 1 heterocycles. The van der Waals surface area contributed by atoms with Gasteiger partial charge in [-0.1, -0.05) is 34.1 Å². The van der Waals surface area contributed by atoms with E-state index >= 15 is 0 Å². The predicted molar refractivity (Wildman–Crippen MR) is 114 cm³/mol. The van der Waals surface area contributed by atoms with Gasteiger partial charge in [0.1, 0.15) is 18.1 Å². The first-order chi connectivity index (χ1) is 14.5. The fourth-order valence-corrected chi connectivity index (χ4v) is 2.78. The van der Waals surface area contributed by atoms with Crippen LogP contribution in [0.15, 0.2) is 12.5 Å². The molecule has 7 N–H and O–H groups in total. The van der Waals surface area contributed by atoms with Crippen molar-refractivity contribution in [2.75, 3.05) is 0 Å². The van der Waals surface area contributed by atoms with Gasteiger partial charge < -0.3 is 31.8 Å². The molecule has 1 aromatic rings. The summed E-state index contributed by atoms with van der Waals surface area (Å²) >= 11 is 0. The predicted octanol–water partition coefficient (Wildman–Crippen LogP) is -0.459. The molecule has 0 bridgehead atoms. The van der Waals surface area contributed by atoms with Crippen molar-refractivity contribution in [3.05, 3.63) is 18.2 Å². The summed E-state index contributed by atoms with van der Waals surface area (Å²) in [6.45, 7) is 8.52. The molecule has 0 spiro atoms. The summed E-state index contributed by atoms with van der Waals surface area (Å²) in [4.78, 5) is 55.8. The molecule has 0 fully saturated rings. The number of imidazole rings is 1. The van der Waals surface area contributed by atoms with Crippen molar-refractivity contribution < 1.29 is 24.3 Å². The Hall–Kier alpha value is -2.95. The van der Waals surface area contributed by atoms with Crippen molar-refractivity contribution in [1.29, 1.82) is 0 Å². The van der Waals surface area contributed by atoms with E-state index in [2.05, 4.69) is 25.9 Å². The molecule has 31 heavy (non-hydrogen) atoms. The SMILES string of the molecule is CCC(C)C(N)C(=O)NC(Cc1cnc[nH]1)C(=O)NC(C)C(=O)NC(C(=O)O)C(C)C. The summed E-state index contributed by atoms with van der Waals surface area (Å²) < 4.78 is 0. The topological polar surface area (TPSA) is 179 Å². The van der Waals surface area contributed by atoms with Crippen LogP contribution in [0.5, 0.6) is 0 Å². The largest absolute Gasteiger partial charge is 0.480 e. The van der Waals surface area contributed by atoms with E-state index in [0.29, 0.717) is 12.1 Å². The second kappa shape index (κ2) is 12.0. The second-order valence-electron chi connectivity index (χ2n) is 8.05. The van der Waals surface area contributed by atoms with Gasteiger partial charge in [0.25, 0.3) is 0 Å². The summed E-state index contributed by atoms with van der Waals surface area (Å²) in [6.07, 6.45) is 3.79. The molecule has 5 unspecified atom stereocenters. The monoisotopic (exact) mass is 438 g/mol. The molecule has 11 nitrogen and oxygen atoms in total. The zero-order chi connectivity index (χ0) is 23.7. The van der Waals surface area contributed by atoms with Gasteiger partial charge in [-0.05, 0) is 18.8 Å². The number of carbonyl (C=O) groups excluding carboxylic acids is 3. The van der Waals surface area contributed by atoms with E-state index in [1.54, 1.807) is 13.8 Å². The van der Waals surface area contributed by atoms with E-state index < -0.39 is 47.9 Å². The minimum absolute atomic E-state index is 0.0791. The molecule has 3 amide bonds. The van der Waals surface area contributed by atoms with Crippen LogP contribution in [0.3, 0.4) is 0 Å². The van der Waals surface area contributed by atoms with Crippen LogP contribution in [0.1, 0.15) is 46.7 Å². The number of H-pyrrole nitrogens is 1. The molecular weight excluding hydrogens is 404 g/mol. The quantitative estimate of drug-likeness (QED) is 0.255. The molecule has 0 aliphatic carbocycles. The molecule has 1 rings (SSSR count). The molecule has 0 aliphatic rings. The van der Waals surface area contributed by atoms with Crippen LogP contribution in [0, 0.1) is 11.8 Å². The molecule has 1 aromatic heterocycles. The fraction of sp³-hybridized carbons (Fsp3) is 0.650. The highest BCUT2D eigenvalue weighted by Gasteiger charge is 2.30. The summed E-state index contributed by atoms with van der Waals surface area (Å²) in [5, 5.41) is 16.8. The number of hydrogen-bond acceptors (Lipinski definition) is 6. The standard InChI is InChI=1S/C20H34N6O5/c1-6-11(4)15(21)19(29)25-14(7-13-8-22-9-23-13)18(28)24-12(5)17(27)26-16(10(2)3)20(30)31/h8-12,14-16H,6-7,21H2,1-5H3,(H,22,23)(H,24,28)(H,25,29)(H,26,27)(H,30,31). The van der Waals surface area contributed by atoms with Crippen molar-refractivity contribution in [2.24, 2.45) is 17.6 Å². The minimum atomic E-state index is -1.16. The maximum absolute atomic E-state index is 12.8. The maximum Gasteiger partial charge on any atom is 0.326 e. The Morgan fingerprint density at radius 2 is 1.71 bits per heavy atom. The molecule has 11 heteroatoms. The van der Waals surface area contributed by atoms with E-state index in [1.807, 2.05) is 13.8 Å². The zero-order valence-electron chi connectivity index (χ0n) is 18.6. The maximum atomic E-state index is 12.8. The third-order valence-corrected chi connectivity index (χ3v) is 5.15. The molecular formula is C20H34N6O5. The first kappa shape index (κ1) is 26.1. The van der Waals surface area contributed by atoms with Gasteiger partial charge in [-0.2, -0.15) is 0 Å².